The van der Waals surface area contributed by atoms with Gasteiger partial charge in [0, 0.05) is 45.1 Å². The highest BCUT2D eigenvalue weighted by molar-refractivity contribution is 14.0. The minimum Gasteiger partial charge on any atom is -0.469 e. The van der Waals surface area contributed by atoms with Crippen LogP contribution in [0.15, 0.2) is 27.8 Å². The first-order valence-corrected chi connectivity index (χ1v) is 9.51. The van der Waals surface area contributed by atoms with Crippen molar-refractivity contribution in [2.45, 2.75) is 39.2 Å². The second-order valence-electron chi connectivity index (χ2n) is 7.53. The Morgan fingerprint density at radius 1 is 1.25 bits per heavy atom. The predicted molar refractivity (Wildman–Crippen MR) is 119 cm³/mol. The van der Waals surface area contributed by atoms with Crippen molar-refractivity contribution in [3.8, 4) is 0 Å². The van der Waals surface area contributed by atoms with Crippen LogP contribution in [0.25, 0.3) is 0 Å². The van der Waals surface area contributed by atoms with Crippen molar-refractivity contribution in [1.29, 1.82) is 0 Å². The average Bonchev–Trinajstić information content (AvgIpc) is 3.27. The van der Waals surface area contributed by atoms with E-state index in [1.807, 2.05) is 32.9 Å². The molecule has 9 heteroatoms. The van der Waals surface area contributed by atoms with E-state index in [2.05, 4.69) is 20.9 Å². The lowest BCUT2D eigenvalue weighted by atomic mass is 10.1. The van der Waals surface area contributed by atoms with Crippen LogP contribution in [0.3, 0.4) is 0 Å². The summed E-state index contributed by atoms with van der Waals surface area (Å²) in [4.78, 5) is 16.3. The quantitative estimate of drug-likeness (QED) is 0.216. The predicted octanol–water partition coefficient (Wildman–Crippen LogP) is 2.54. The molecular formula is C19H33IN4O4. The van der Waals surface area contributed by atoms with Crippen LogP contribution in [0.2, 0.25) is 0 Å². The molecule has 2 heterocycles. The molecule has 3 N–H and O–H groups in total. The maximum absolute atomic E-state index is 11.7. The number of ether oxygens (including phenoxy) is 2. The number of guanidine groups is 1. The van der Waals surface area contributed by atoms with E-state index in [9.17, 15) is 4.79 Å². The molecule has 1 amide bonds. The number of carbonyl (C=O) groups excluding carboxylic acids is 1. The van der Waals surface area contributed by atoms with E-state index in [0.29, 0.717) is 25.6 Å². The maximum atomic E-state index is 11.7. The summed E-state index contributed by atoms with van der Waals surface area (Å²) in [5.74, 6) is 2.12. The Hall–Kier alpha value is -1.49. The van der Waals surface area contributed by atoms with Crippen LogP contribution in [0.4, 0.5) is 4.79 Å². The first-order chi connectivity index (χ1) is 12.9. The van der Waals surface area contributed by atoms with Crippen LogP contribution >= 0.6 is 24.0 Å². The zero-order chi connectivity index (χ0) is 19.5. The molecule has 28 heavy (non-hydrogen) atoms. The number of alkyl carbamates (subject to hydrolysis) is 1. The molecular weight excluding hydrogens is 475 g/mol. The molecule has 1 aliphatic heterocycles. The molecule has 160 valence electrons. The Morgan fingerprint density at radius 2 is 2.00 bits per heavy atom. The fourth-order valence-corrected chi connectivity index (χ4v) is 2.54. The second kappa shape index (κ2) is 12.9. The summed E-state index contributed by atoms with van der Waals surface area (Å²) in [6.07, 6.45) is 3.07. The van der Waals surface area contributed by atoms with Gasteiger partial charge in [-0.1, -0.05) is 0 Å². The fraction of sp³-hybridized carbons (Fsp3) is 0.684. The zero-order valence-corrected chi connectivity index (χ0v) is 19.3. The molecule has 1 unspecified atom stereocenters. The Balaban J connectivity index is 0.00000392. The molecule has 0 saturated carbocycles. The number of halogens is 1. The minimum absolute atomic E-state index is 0. The molecule has 8 nitrogen and oxygen atoms in total. The first kappa shape index (κ1) is 24.5. The average molecular weight is 508 g/mol. The molecule has 0 bridgehead atoms. The summed E-state index contributed by atoms with van der Waals surface area (Å²) < 4.78 is 16.0. The molecule has 0 spiro atoms. The van der Waals surface area contributed by atoms with Crippen molar-refractivity contribution in [3.63, 3.8) is 0 Å². The Bertz CT molecular complexity index is 581. The summed E-state index contributed by atoms with van der Waals surface area (Å²) in [6.45, 7) is 9.52. The second-order valence-corrected chi connectivity index (χ2v) is 7.53. The molecule has 1 saturated heterocycles. The first-order valence-electron chi connectivity index (χ1n) is 9.51. The van der Waals surface area contributed by atoms with Crippen molar-refractivity contribution >= 4 is 36.0 Å². The van der Waals surface area contributed by atoms with E-state index in [1.165, 1.54) is 0 Å². The number of hydrogen-bond donors (Lipinski definition) is 3. The number of rotatable bonds is 8. The molecule has 1 aliphatic rings. The molecule has 1 atom stereocenters. The van der Waals surface area contributed by atoms with Crippen LogP contribution < -0.4 is 16.0 Å². The smallest absolute Gasteiger partial charge is 0.407 e. The van der Waals surface area contributed by atoms with Gasteiger partial charge in [0.25, 0.3) is 0 Å². The van der Waals surface area contributed by atoms with Crippen LogP contribution in [0.5, 0.6) is 0 Å². The molecule has 1 aromatic rings. The van der Waals surface area contributed by atoms with E-state index < -0.39 is 11.7 Å². The van der Waals surface area contributed by atoms with Crippen LogP contribution in [0, 0.1) is 5.92 Å². The largest absolute Gasteiger partial charge is 0.469 e. The molecule has 2 rings (SSSR count). The molecule has 0 radical (unpaired) electrons. The van der Waals surface area contributed by atoms with Gasteiger partial charge in [-0.25, -0.2) is 4.79 Å². The summed E-state index contributed by atoms with van der Waals surface area (Å²) in [5, 5.41) is 9.27. The van der Waals surface area contributed by atoms with E-state index in [1.54, 1.807) is 6.26 Å². The van der Waals surface area contributed by atoms with Gasteiger partial charge in [0.1, 0.15) is 11.4 Å². The molecule has 0 aliphatic carbocycles. The number of aliphatic imine (C=N–C) groups is 1. The van der Waals surface area contributed by atoms with Crippen molar-refractivity contribution in [3.05, 3.63) is 24.2 Å². The topological polar surface area (TPSA) is 97.1 Å². The van der Waals surface area contributed by atoms with Crippen LogP contribution in [-0.2, 0) is 15.9 Å². The highest BCUT2D eigenvalue weighted by atomic mass is 127. The summed E-state index contributed by atoms with van der Waals surface area (Å²) in [6, 6.07) is 3.83. The van der Waals surface area contributed by atoms with Crippen molar-refractivity contribution in [2.75, 3.05) is 39.4 Å². The SMILES string of the molecule is CC(C)(C)OC(=O)NCCNC(=NCC1CCOC1)NCCc1ccco1.I. The van der Waals surface area contributed by atoms with Gasteiger partial charge in [-0.3, -0.25) is 4.99 Å². The number of hydrogen-bond acceptors (Lipinski definition) is 5. The van der Waals surface area contributed by atoms with Crippen molar-refractivity contribution < 1.29 is 18.7 Å². The molecule has 1 fully saturated rings. The monoisotopic (exact) mass is 508 g/mol. The van der Waals surface area contributed by atoms with Gasteiger partial charge in [0.15, 0.2) is 5.96 Å². The number of furan rings is 1. The lowest BCUT2D eigenvalue weighted by Crippen LogP contribution is -2.43. The normalized spacial score (nSPS) is 17.0. The van der Waals surface area contributed by atoms with Crippen molar-refractivity contribution in [2.24, 2.45) is 10.9 Å². The van der Waals surface area contributed by atoms with Crippen molar-refractivity contribution in [1.82, 2.24) is 16.0 Å². The third kappa shape index (κ3) is 10.7. The van der Waals surface area contributed by atoms with Gasteiger partial charge in [0.05, 0.1) is 12.9 Å². The van der Waals surface area contributed by atoms with Gasteiger partial charge >= 0.3 is 6.09 Å². The molecule has 1 aromatic heterocycles. The third-order valence-electron chi connectivity index (χ3n) is 3.86. The zero-order valence-electron chi connectivity index (χ0n) is 17.0. The van der Waals surface area contributed by atoms with Gasteiger partial charge in [-0.15, -0.1) is 24.0 Å². The standard InChI is InChI=1S/C19H32N4O4.HI/c1-19(2,3)27-18(24)22-10-9-21-17(23-13-15-7-12-25-14-15)20-8-6-16-5-4-11-26-16;/h4-5,11,15H,6-10,12-14H2,1-3H3,(H,22,24)(H2,20,21,23);1H. The van der Waals surface area contributed by atoms with Gasteiger partial charge < -0.3 is 29.8 Å². The summed E-state index contributed by atoms with van der Waals surface area (Å²) in [7, 11) is 0. The summed E-state index contributed by atoms with van der Waals surface area (Å²) >= 11 is 0. The lowest BCUT2D eigenvalue weighted by Gasteiger charge is -2.20. The van der Waals surface area contributed by atoms with Crippen LogP contribution in [0.1, 0.15) is 33.0 Å². The van der Waals surface area contributed by atoms with Gasteiger partial charge in [-0.2, -0.15) is 0 Å². The highest BCUT2D eigenvalue weighted by Gasteiger charge is 2.16. The Labute approximate surface area is 184 Å². The fourth-order valence-electron chi connectivity index (χ4n) is 2.54. The van der Waals surface area contributed by atoms with Crippen LogP contribution in [-0.4, -0.2) is 57.0 Å². The van der Waals surface area contributed by atoms with Gasteiger partial charge in [-0.05, 0) is 39.3 Å². The van der Waals surface area contributed by atoms with E-state index >= 15 is 0 Å². The Kier molecular flexibility index (Phi) is 11.3. The highest BCUT2D eigenvalue weighted by Crippen LogP contribution is 2.12. The Morgan fingerprint density at radius 3 is 2.64 bits per heavy atom. The number of carbonyl (C=O) groups is 1. The van der Waals surface area contributed by atoms with E-state index in [4.69, 9.17) is 13.9 Å². The lowest BCUT2D eigenvalue weighted by molar-refractivity contribution is 0.0529. The van der Waals surface area contributed by atoms with E-state index in [0.717, 1.165) is 44.3 Å². The third-order valence-corrected chi connectivity index (χ3v) is 3.86. The summed E-state index contributed by atoms with van der Waals surface area (Å²) in [5.41, 5.74) is -0.499. The number of amides is 1. The number of nitrogens with one attached hydrogen (secondary N) is 3. The minimum atomic E-state index is -0.499. The maximum Gasteiger partial charge on any atom is 0.407 e. The van der Waals surface area contributed by atoms with Gasteiger partial charge in [0.2, 0.25) is 0 Å². The molecule has 0 aromatic carbocycles. The van der Waals surface area contributed by atoms with E-state index in [-0.39, 0.29) is 24.0 Å². The number of nitrogens with zero attached hydrogens (tertiary/aromatic N) is 1.